The summed E-state index contributed by atoms with van der Waals surface area (Å²) in [6.07, 6.45) is 8.34. The lowest BCUT2D eigenvalue weighted by Gasteiger charge is -2.22. The van der Waals surface area contributed by atoms with Gasteiger partial charge in [0, 0.05) is 12.6 Å². The maximum Gasteiger partial charge on any atom is 0.244 e. The summed E-state index contributed by atoms with van der Waals surface area (Å²) in [5.41, 5.74) is 0.697. The van der Waals surface area contributed by atoms with Crippen LogP contribution in [0.2, 0.25) is 0 Å². The van der Waals surface area contributed by atoms with Gasteiger partial charge in [-0.2, -0.15) is 10.1 Å². The summed E-state index contributed by atoms with van der Waals surface area (Å²) in [5.74, 6) is 1.05. The van der Waals surface area contributed by atoms with Crippen LogP contribution in [0.3, 0.4) is 0 Å². The van der Waals surface area contributed by atoms with Crippen LogP contribution >= 0.6 is 0 Å². The van der Waals surface area contributed by atoms with Gasteiger partial charge in [0.05, 0.1) is 6.20 Å². The highest BCUT2D eigenvalue weighted by Gasteiger charge is 2.14. The number of hydrogen-bond acceptors (Lipinski definition) is 5. The van der Waals surface area contributed by atoms with Crippen molar-refractivity contribution in [1.29, 1.82) is 0 Å². The molecule has 3 rings (SSSR count). The molecule has 122 valence electrons. The number of hydrogen-bond donors (Lipinski definition) is 2. The first kappa shape index (κ1) is 15.6. The van der Waals surface area contributed by atoms with E-state index in [0.717, 1.165) is 12.8 Å². The van der Waals surface area contributed by atoms with Crippen molar-refractivity contribution in [2.45, 2.75) is 44.6 Å². The van der Waals surface area contributed by atoms with E-state index >= 15 is 0 Å². The third kappa shape index (κ3) is 4.61. The van der Waals surface area contributed by atoms with Gasteiger partial charge in [-0.3, -0.25) is 0 Å². The molecule has 1 aromatic heterocycles. The first-order valence-electron chi connectivity index (χ1n) is 8.25. The summed E-state index contributed by atoms with van der Waals surface area (Å²) in [7, 11) is 0. The van der Waals surface area contributed by atoms with Gasteiger partial charge in [0.2, 0.25) is 5.95 Å². The first-order valence-corrected chi connectivity index (χ1v) is 8.25. The monoisotopic (exact) mass is 315 g/mol. The summed E-state index contributed by atoms with van der Waals surface area (Å²) in [5, 5.41) is 14.6. The van der Waals surface area contributed by atoms with Gasteiger partial charge in [-0.15, -0.1) is 5.10 Å². The maximum atomic E-state index is 13.6. The van der Waals surface area contributed by atoms with Gasteiger partial charge >= 0.3 is 0 Å². The van der Waals surface area contributed by atoms with Gasteiger partial charge in [-0.1, -0.05) is 37.5 Å². The number of anilines is 2. The second-order valence-corrected chi connectivity index (χ2v) is 5.91. The molecule has 0 unspecified atom stereocenters. The highest BCUT2D eigenvalue weighted by atomic mass is 19.1. The Kier molecular flexibility index (Phi) is 5.34. The van der Waals surface area contributed by atoms with E-state index in [1.54, 1.807) is 18.3 Å². The standard InChI is InChI=1S/C17H22FN5/c18-15-9-5-4-6-13(15)10-11-19-16-12-20-23-17(22-16)21-14-7-2-1-3-8-14/h4-6,9,12,14H,1-3,7-8,10-11H2,(H2,19,21,22,23). The van der Waals surface area contributed by atoms with Gasteiger partial charge in [0.15, 0.2) is 5.82 Å². The third-order valence-corrected chi connectivity index (χ3v) is 4.16. The highest BCUT2D eigenvalue weighted by Crippen LogP contribution is 2.20. The lowest BCUT2D eigenvalue weighted by molar-refractivity contribution is 0.460. The van der Waals surface area contributed by atoms with Crippen molar-refractivity contribution in [1.82, 2.24) is 15.2 Å². The van der Waals surface area contributed by atoms with E-state index in [-0.39, 0.29) is 5.82 Å². The number of nitrogens with one attached hydrogen (secondary N) is 2. The van der Waals surface area contributed by atoms with Gasteiger partial charge in [-0.05, 0) is 30.9 Å². The van der Waals surface area contributed by atoms with Crippen LogP contribution in [0, 0.1) is 5.82 Å². The molecular weight excluding hydrogens is 293 g/mol. The summed E-state index contributed by atoms with van der Waals surface area (Å²) in [6.45, 7) is 0.600. The second kappa shape index (κ2) is 7.85. The Morgan fingerprint density at radius 1 is 1.13 bits per heavy atom. The van der Waals surface area contributed by atoms with Crippen molar-refractivity contribution in [3.63, 3.8) is 0 Å². The number of aromatic nitrogens is 3. The Bertz CT molecular complexity index is 628. The lowest BCUT2D eigenvalue weighted by atomic mass is 9.96. The Morgan fingerprint density at radius 3 is 2.78 bits per heavy atom. The van der Waals surface area contributed by atoms with E-state index < -0.39 is 0 Å². The molecule has 1 aromatic carbocycles. The number of halogens is 1. The fraction of sp³-hybridized carbons (Fsp3) is 0.471. The molecule has 1 aliphatic carbocycles. The molecule has 2 aromatic rings. The molecule has 1 fully saturated rings. The van der Waals surface area contributed by atoms with Crippen LogP contribution in [0.1, 0.15) is 37.7 Å². The molecule has 0 saturated heterocycles. The summed E-state index contributed by atoms with van der Waals surface area (Å²) in [4.78, 5) is 4.43. The molecular formula is C17H22FN5. The lowest BCUT2D eigenvalue weighted by Crippen LogP contribution is -2.24. The van der Waals surface area contributed by atoms with Crippen LogP contribution < -0.4 is 10.6 Å². The summed E-state index contributed by atoms with van der Waals surface area (Å²) >= 11 is 0. The zero-order valence-corrected chi connectivity index (χ0v) is 13.1. The number of benzene rings is 1. The van der Waals surface area contributed by atoms with Gasteiger partial charge < -0.3 is 10.6 Å². The van der Waals surface area contributed by atoms with E-state index in [2.05, 4.69) is 25.8 Å². The Hall–Kier alpha value is -2.24. The van der Waals surface area contributed by atoms with Crippen LogP contribution in [0.5, 0.6) is 0 Å². The fourth-order valence-corrected chi connectivity index (χ4v) is 2.91. The predicted octanol–water partition coefficient (Wildman–Crippen LogP) is 3.41. The molecule has 0 amide bonds. The maximum absolute atomic E-state index is 13.6. The average Bonchev–Trinajstić information content (AvgIpc) is 2.58. The fourth-order valence-electron chi connectivity index (χ4n) is 2.91. The second-order valence-electron chi connectivity index (χ2n) is 5.91. The minimum Gasteiger partial charge on any atom is -0.368 e. The average molecular weight is 315 g/mol. The van der Waals surface area contributed by atoms with Crippen LogP contribution in [-0.4, -0.2) is 27.8 Å². The largest absolute Gasteiger partial charge is 0.368 e. The first-order chi connectivity index (χ1) is 11.3. The van der Waals surface area contributed by atoms with Gasteiger partial charge in [0.25, 0.3) is 0 Å². The Morgan fingerprint density at radius 2 is 1.96 bits per heavy atom. The van der Waals surface area contributed by atoms with Crippen molar-refractivity contribution < 1.29 is 4.39 Å². The van der Waals surface area contributed by atoms with E-state index in [1.807, 2.05) is 6.07 Å². The predicted molar refractivity (Wildman–Crippen MR) is 88.9 cm³/mol. The van der Waals surface area contributed by atoms with E-state index in [0.29, 0.717) is 36.3 Å². The normalized spacial score (nSPS) is 15.3. The molecule has 0 radical (unpaired) electrons. The zero-order chi connectivity index (χ0) is 15.9. The van der Waals surface area contributed by atoms with Crippen LogP contribution in [0.4, 0.5) is 16.2 Å². The summed E-state index contributed by atoms with van der Waals surface area (Å²) in [6, 6.07) is 7.26. The zero-order valence-electron chi connectivity index (χ0n) is 13.1. The quantitative estimate of drug-likeness (QED) is 0.855. The number of rotatable bonds is 6. The molecule has 0 spiro atoms. The molecule has 1 saturated carbocycles. The molecule has 0 aliphatic heterocycles. The van der Waals surface area contributed by atoms with Gasteiger partial charge in [-0.25, -0.2) is 4.39 Å². The Balaban J connectivity index is 1.52. The molecule has 2 N–H and O–H groups in total. The highest BCUT2D eigenvalue weighted by molar-refractivity contribution is 5.37. The number of nitrogens with zero attached hydrogens (tertiary/aromatic N) is 3. The molecule has 5 nitrogen and oxygen atoms in total. The molecule has 1 aliphatic rings. The molecule has 6 heteroatoms. The summed E-state index contributed by atoms with van der Waals surface area (Å²) < 4.78 is 13.6. The van der Waals surface area contributed by atoms with Crippen LogP contribution in [0.25, 0.3) is 0 Å². The van der Waals surface area contributed by atoms with Crippen LogP contribution in [-0.2, 0) is 6.42 Å². The molecule has 0 atom stereocenters. The topological polar surface area (TPSA) is 62.7 Å². The van der Waals surface area contributed by atoms with Crippen LogP contribution in [0.15, 0.2) is 30.5 Å². The molecule has 1 heterocycles. The van der Waals surface area contributed by atoms with Crippen molar-refractivity contribution in [3.05, 3.63) is 41.8 Å². The molecule has 23 heavy (non-hydrogen) atoms. The van der Waals surface area contributed by atoms with E-state index in [4.69, 9.17) is 0 Å². The molecule has 0 bridgehead atoms. The van der Waals surface area contributed by atoms with E-state index in [9.17, 15) is 4.39 Å². The third-order valence-electron chi connectivity index (χ3n) is 4.16. The Labute approximate surface area is 135 Å². The van der Waals surface area contributed by atoms with Crippen molar-refractivity contribution in [3.8, 4) is 0 Å². The van der Waals surface area contributed by atoms with Gasteiger partial charge in [0.1, 0.15) is 5.82 Å². The van der Waals surface area contributed by atoms with Crippen molar-refractivity contribution in [2.75, 3.05) is 17.2 Å². The minimum atomic E-state index is -0.172. The van der Waals surface area contributed by atoms with E-state index in [1.165, 1.54) is 25.3 Å². The SMILES string of the molecule is Fc1ccccc1CCNc1cnnc(NC2CCCCC2)n1. The van der Waals surface area contributed by atoms with Crippen molar-refractivity contribution in [2.24, 2.45) is 0 Å². The van der Waals surface area contributed by atoms with Crippen molar-refractivity contribution >= 4 is 11.8 Å². The smallest absolute Gasteiger partial charge is 0.244 e. The minimum absolute atomic E-state index is 0.172.